The Kier molecular flexibility index (Phi) is 3.08. The van der Waals surface area contributed by atoms with Crippen molar-refractivity contribution in [3.63, 3.8) is 0 Å². The number of morpholine rings is 1. The molecular formula is C13H19NO. The molecule has 1 aliphatic rings. The van der Waals surface area contributed by atoms with Crippen molar-refractivity contribution >= 4 is 0 Å². The van der Waals surface area contributed by atoms with E-state index in [4.69, 9.17) is 4.74 Å². The van der Waals surface area contributed by atoms with Crippen LogP contribution in [0.4, 0.5) is 0 Å². The summed E-state index contributed by atoms with van der Waals surface area (Å²) in [6.45, 7) is 9.11. The van der Waals surface area contributed by atoms with Crippen molar-refractivity contribution in [1.82, 2.24) is 5.32 Å². The van der Waals surface area contributed by atoms with Crippen LogP contribution in [0.1, 0.15) is 28.3 Å². The molecule has 82 valence electrons. The first-order valence-corrected chi connectivity index (χ1v) is 5.57. The lowest BCUT2D eigenvalue weighted by Crippen LogP contribution is -2.35. The van der Waals surface area contributed by atoms with Crippen LogP contribution in [0, 0.1) is 20.8 Å². The molecule has 15 heavy (non-hydrogen) atoms. The van der Waals surface area contributed by atoms with Crippen molar-refractivity contribution in [2.45, 2.75) is 26.8 Å². The van der Waals surface area contributed by atoms with Gasteiger partial charge in [0.05, 0.1) is 19.3 Å². The number of hydrogen-bond acceptors (Lipinski definition) is 2. The van der Waals surface area contributed by atoms with Crippen LogP contribution < -0.4 is 5.32 Å². The van der Waals surface area contributed by atoms with Gasteiger partial charge in [-0.15, -0.1) is 0 Å². The monoisotopic (exact) mass is 205 g/mol. The summed E-state index contributed by atoms with van der Waals surface area (Å²) in [6.07, 6.45) is 0. The molecule has 2 rings (SSSR count). The van der Waals surface area contributed by atoms with Crippen LogP contribution in [0.3, 0.4) is 0 Å². The zero-order valence-corrected chi connectivity index (χ0v) is 9.76. The van der Waals surface area contributed by atoms with Crippen LogP contribution >= 0.6 is 0 Å². The molecule has 1 aromatic carbocycles. The van der Waals surface area contributed by atoms with Gasteiger partial charge in [-0.2, -0.15) is 0 Å². The van der Waals surface area contributed by atoms with Gasteiger partial charge < -0.3 is 10.1 Å². The van der Waals surface area contributed by atoms with Crippen molar-refractivity contribution in [2.24, 2.45) is 0 Å². The Morgan fingerprint density at radius 2 is 1.87 bits per heavy atom. The molecule has 1 heterocycles. The molecule has 0 saturated carbocycles. The largest absolute Gasteiger partial charge is 0.378 e. The Bertz CT molecular complexity index is 331. The second-order valence-electron chi connectivity index (χ2n) is 4.39. The van der Waals surface area contributed by atoms with Gasteiger partial charge in [0, 0.05) is 6.54 Å². The zero-order valence-electron chi connectivity index (χ0n) is 9.76. The van der Waals surface area contributed by atoms with Crippen LogP contribution in [0.2, 0.25) is 0 Å². The fraction of sp³-hybridized carbons (Fsp3) is 0.538. The maximum absolute atomic E-state index is 5.51. The van der Waals surface area contributed by atoms with Crippen LogP contribution in [0.5, 0.6) is 0 Å². The highest BCUT2D eigenvalue weighted by molar-refractivity contribution is 5.39. The van der Waals surface area contributed by atoms with Gasteiger partial charge in [0.2, 0.25) is 0 Å². The Hall–Kier alpha value is -0.860. The molecule has 0 aromatic heterocycles. The van der Waals surface area contributed by atoms with Gasteiger partial charge >= 0.3 is 0 Å². The Balaban J connectivity index is 2.33. The second-order valence-corrected chi connectivity index (χ2v) is 4.39. The summed E-state index contributed by atoms with van der Waals surface area (Å²) in [6, 6.07) is 4.87. The van der Waals surface area contributed by atoms with E-state index in [-0.39, 0.29) is 0 Å². The topological polar surface area (TPSA) is 21.3 Å². The lowest BCUT2D eigenvalue weighted by molar-refractivity contribution is 0.0765. The van der Waals surface area contributed by atoms with E-state index in [9.17, 15) is 0 Å². The first-order chi connectivity index (χ1) is 7.18. The minimum Gasteiger partial charge on any atom is -0.378 e. The van der Waals surface area contributed by atoms with Gasteiger partial charge in [-0.1, -0.05) is 17.7 Å². The minimum absolute atomic E-state index is 0.374. The molecule has 0 radical (unpaired) electrons. The maximum atomic E-state index is 5.51. The smallest absolute Gasteiger partial charge is 0.0662 e. The van der Waals surface area contributed by atoms with E-state index in [1.807, 2.05) is 0 Å². The van der Waals surface area contributed by atoms with E-state index < -0.39 is 0 Å². The predicted molar refractivity (Wildman–Crippen MR) is 62.2 cm³/mol. The highest BCUT2D eigenvalue weighted by Crippen LogP contribution is 2.24. The molecule has 0 bridgehead atoms. The van der Waals surface area contributed by atoms with Gasteiger partial charge in [0.15, 0.2) is 0 Å². The summed E-state index contributed by atoms with van der Waals surface area (Å²) in [4.78, 5) is 0. The summed E-state index contributed by atoms with van der Waals surface area (Å²) in [5, 5.41) is 3.51. The first kappa shape index (κ1) is 10.7. The second kappa shape index (κ2) is 4.33. The number of nitrogens with one attached hydrogen (secondary N) is 1. The summed E-state index contributed by atoms with van der Waals surface area (Å²) in [5.41, 5.74) is 5.50. The lowest BCUT2D eigenvalue weighted by atomic mass is 9.94. The average molecular weight is 205 g/mol. The fourth-order valence-corrected chi connectivity index (χ4v) is 2.49. The molecule has 2 heteroatoms. The summed E-state index contributed by atoms with van der Waals surface area (Å²) in [5.74, 6) is 0. The number of benzene rings is 1. The third-order valence-electron chi connectivity index (χ3n) is 3.01. The quantitative estimate of drug-likeness (QED) is 0.759. The fourth-order valence-electron chi connectivity index (χ4n) is 2.49. The summed E-state index contributed by atoms with van der Waals surface area (Å²) < 4.78 is 5.51. The Morgan fingerprint density at radius 1 is 1.20 bits per heavy atom. The van der Waals surface area contributed by atoms with E-state index in [1.54, 1.807) is 0 Å². The molecule has 0 aliphatic carbocycles. The molecule has 1 fully saturated rings. The minimum atomic E-state index is 0.374. The molecule has 1 aliphatic heterocycles. The molecule has 2 nitrogen and oxygen atoms in total. The average Bonchev–Trinajstić information content (AvgIpc) is 2.17. The van der Waals surface area contributed by atoms with Gasteiger partial charge in [0.25, 0.3) is 0 Å². The van der Waals surface area contributed by atoms with Crippen molar-refractivity contribution in [3.8, 4) is 0 Å². The van der Waals surface area contributed by atoms with Gasteiger partial charge in [0.1, 0.15) is 0 Å². The SMILES string of the molecule is Cc1cc(C)c([C@H]2COCCN2)c(C)c1. The van der Waals surface area contributed by atoms with Crippen LogP contribution in [-0.2, 0) is 4.74 Å². The molecule has 1 atom stereocenters. The van der Waals surface area contributed by atoms with Gasteiger partial charge in [-0.05, 0) is 37.5 Å². The highest BCUT2D eigenvalue weighted by atomic mass is 16.5. The molecule has 0 unspecified atom stereocenters. The van der Waals surface area contributed by atoms with E-state index in [2.05, 4.69) is 38.2 Å². The van der Waals surface area contributed by atoms with E-state index in [0.717, 1.165) is 19.8 Å². The zero-order chi connectivity index (χ0) is 10.8. The van der Waals surface area contributed by atoms with Crippen LogP contribution in [0.15, 0.2) is 12.1 Å². The first-order valence-electron chi connectivity index (χ1n) is 5.57. The number of ether oxygens (including phenoxy) is 1. The Labute approximate surface area is 91.6 Å². The van der Waals surface area contributed by atoms with Crippen molar-refractivity contribution in [2.75, 3.05) is 19.8 Å². The molecule has 1 aromatic rings. The van der Waals surface area contributed by atoms with Gasteiger partial charge in [-0.25, -0.2) is 0 Å². The van der Waals surface area contributed by atoms with E-state index >= 15 is 0 Å². The van der Waals surface area contributed by atoms with Crippen molar-refractivity contribution in [1.29, 1.82) is 0 Å². The van der Waals surface area contributed by atoms with E-state index in [1.165, 1.54) is 22.3 Å². The molecule has 0 amide bonds. The third kappa shape index (κ3) is 2.21. The maximum Gasteiger partial charge on any atom is 0.0662 e. The van der Waals surface area contributed by atoms with Crippen LogP contribution in [-0.4, -0.2) is 19.8 Å². The summed E-state index contributed by atoms with van der Waals surface area (Å²) >= 11 is 0. The lowest BCUT2D eigenvalue weighted by Gasteiger charge is -2.27. The molecular weight excluding hydrogens is 186 g/mol. The number of rotatable bonds is 1. The normalized spacial score (nSPS) is 21.7. The predicted octanol–water partition coefficient (Wildman–Crippen LogP) is 2.27. The Morgan fingerprint density at radius 3 is 2.40 bits per heavy atom. The summed E-state index contributed by atoms with van der Waals surface area (Å²) in [7, 11) is 0. The standard InChI is InChI=1S/C13H19NO/c1-9-6-10(2)13(11(3)7-9)12-8-15-5-4-14-12/h6-7,12,14H,4-5,8H2,1-3H3/t12-/m1/s1. The van der Waals surface area contributed by atoms with E-state index in [0.29, 0.717) is 6.04 Å². The number of aryl methyl sites for hydroxylation is 3. The molecule has 0 spiro atoms. The third-order valence-corrected chi connectivity index (χ3v) is 3.01. The molecule has 1 saturated heterocycles. The van der Waals surface area contributed by atoms with Gasteiger partial charge in [-0.3, -0.25) is 0 Å². The van der Waals surface area contributed by atoms with Crippen LogP contribution in [0.25, 0.3) is 0 Å². The highest BCUT2D eigenvalue weighted by Gasteiger charge is 2.18. The number of hydrogen-bond donors (Lipinski definition) is 1. The molecule has 1 N–H and O–H groups in total. The van der Waals surface area contributed by atoms with Crippen molar-refractivity contribution in [3.05, 3.63) is 34.4 Å². The van der Waals surface area contributed by atoms with Crippen molar-refractivity contribution < 1.29 is 4.74 Å².